The van der Waals surface area contributed by atoms with E-state index in [1.54, 1.807) is 0 Å². The van der Waals surface area contributed by atoms with Crippen molar-refractivity contribution in [2.24, 2.45) is 10.8 Å². The highest BCUT2D eigenvalue weighted by Crippen LogP contribution is 2.25. The summed E-state index contributed by atoms with van der Waals surface area (Å²) in [5, 5.41) is 5.57. The second-order valence-electron chi connectivity index (χ2n) is 6.03. The van der Waals surface area contributed by atoms with E-state index in [0.717, 1.165) is 11.0 Å². The molecule has 0 spiro atoms. The number of hydrogen-bond acceptors (Lipinski definition) is 5. The van der Waals surface area contributed by atoms with Gasteiger partial charge >= 0.3 is 0 Å². The molecule has 136 valence electrons. The van der Waals surface area contributed by atoms with Crippen LogP contribution < -0.4 is 16.2 Å². The fourth-order valence-electron chi connectivity index (χ4n) is 2.92. The summed E-state index contributed by atoms with van der Waals surface area (Å²) in [7, 11) is 0. The molecule has 0 bridgehead atoms. The Hall–Kier alpha value is -3.75. The van der Waals surface area contributed by atoms with Crippen LogP contribution >= 0.6 is 0 Å². The Morgan fingerprint density at radius 1 is 1.15 bits per heavy atom. The molecule has 0 saturated carbocycles. The highest BCUT2D eigenvalue weighted by atomic mass is 19.1. The van der Waals surface area contributed by atoms with Gasteiger partial charge in [0, 0.05) is 6.42 Å². The van der Waals surface area contributed by atoms with Crippen LogP contribution in [0.25, 0.3) is 11.0 Å². The van der Waals surface area contributed by atoms with Gasteiger partial charge in [0.25, 0.3) is 5.91 Å². The first kappa shape index (κ1) is 16.7. The van der Waals surface area contributed by atoms with Crippen molar-refractivity contribution in [3.05, 3.63) is 60.7 Å². The molecule has 0 radical (unpaired) electrons. The number of carbonyl (C=O) groups excluding carboxylic acids is 2. The molecular weight excluding hydrogens is 351 g/mol. The van der Waals surface area contributed by atoms with Gasteiger partial charge in [-0.25, -0.2) is 14.1 Å². The number of imidazole rings is 1. The van der Waals surface area contributed by atoms with Gasteiger partial charge in [-0.1, -0.05) is 12.1 Å². The number of nitrogens with two attached hydrogens (primary N) is 1. The minimum Gasteiger partial charge on any atom is -0.368 e. The van der Waals surface area contributed by atoms with E-state index >= 15 is 0 Å². The van der Waals surface area contributed by atoms with Crippen molar-refractivity contribution in [3.8, 4) is 0 Å². The molecule has 0 saturated heterocycles. The van der Waals surface area contributed by atoms with Crippen molar-refractivity contribution in [3.63, 3.8) is 0 Å². The first-order chi connectivity index (χ1) is 13.0. The first-order valence-corrected chi connectivity index (χ1v) is 8.18. The minimum atomic E-state index is -0.823. The van der Waals surface area contributed by atoms with Gasteiger partial charge in [0.15, 0.2) is 0 Å². The topological polar surface area (TPSA) is 106 Å². The Morgan fingerprint density at radius 2 is 1.89 bits per heavy atom. The zero-order valence-electron chi connectivity index (χ0n) is 14.0. The summed E-state index contributed by atoms with van der Waals surface area (Å²) >= 11 is 0. The van der Waals surface area contributed by atoms with Gasteiger partial charge in [0.05, 0.1) is 16.7 Å². The van der Waals surface area contributed by atoms with Crippen LogP contribution in [-0.2, 0) is 9.59 Å². The maximum Gasteiger partial charge on any atom is 0.286 e. The van der Waals surface area contributed by atoms with Gasteiger partial charge in [-0.05, 0) is 36.4 Å². The third kappa shape index (κ3) is 3.10. The summed E-state index contributed by atoms with van der Waals surface area (Å²) in [4.78, 5) is 28.6. The van der Waals surface area contributed by atoms with E-state index in [0.29, 0.717) is 5.69 Å². The number of halogens is 1. The lowest BCUT2D eigenvalue weighted by Gasteiger charge is -2.20. The second kappa shape index (κ2) is 6.52. The molecule has 2 heterocycles. The standard InChI is InChI=1S/C18H15FN6O2/c19-11-5-7-12(8-6-11)25-16(17(20)26)9-14(22-25)18(27)23-24-10-21-13-3-1-2-4-15(13)24/h1-8,10,16H,9H2,(H2,20,26)(H,23,27). The average molecular weight is 366 g/mol. The van der Waals surface area contributed by atoms with E-state index in [1.165, 1.54) is 40.3 Å². The molecule has 1 aromatic heterocycles. The van der Waals surface area contributed by atoms with Gasteiger partial charge in [0.2, 0.25) is 5.91 Å². The quantitative estimate of drug-likeness (QED) is 0.727. The van der Waals surface area contributed by atoms with Crippen molar-refractivity contribution >= 4 is 34.2 Å². The lowest BCUT2D eigenvalue weighted by molar-refractivity contribution is -0.119. The number of hydrazone groups is 1. The van der Waals surface area contributed by atoms with Crippen molar-refractivity contribution in [2.75, 3.05) is 10.4 Å². The number of hydrogen-bond donors (Lipinski definition) is 2. The Balaban J connectivity index is 1.60. The summed E-state index contributed by atoms with van der Waals surface area (Å²) in [5.41, 5.74) is 10.2. The lowest BCUT2D eigenvalue weighted by Crippen LogP contribution is -2.39. The van der Waals surface area contributed by atoms with Crippen LogP contribution in [0.2, 0.25) is 0 Å². The fraction of sp³-hybridized carbons (Fsp3) is 0.111. The smallest absolute Gasteiger partial charge is 0.286 e. The number of rotatable bonds is 4. The van der Waals surface area contributed by atoms with Crippen molar-refractivity contribution in [2.45, 2.75) is 12.5 Å². The van der Waals surface area contributed by atoms with E-state index in [2.05, 4.69) is 15.5 Å². The van der Waals surface area contributed by atoms with Crippen LogP contribution in [-0.4, -0.2) is 33.2 Å². The van der Waals surface area contributed by atoms with Gasteiger partial charge in [-0.2, -0.15) is 5.10 Å². The number of aromatic nitrogens is 2. The molecule has 8 nitrogen and oxygen atoms in total. The van der Waals surface area contributed by atoms with E-state index in [9.17, 15) is 14.0 Å². The number of fused-ring (bicyclic) bond motifs is 1. The van der Waals surface area contributed by atoms with E-state index in [1.807, 2.05) is 24.3 Å². The van der Waals surface area contributed by atoms with Gasteiger partial charge in [0.1, 0.15) is 23.9 Å². The molecular formula is C18H15FN6O2. The number of amides is 2. The Labute approximate surface area is 153 Å². The summed E-state index contributed by atoms with van der Waals surface area (Å²) in [6, 6.07) is 11.9. The number of anilines is 1. The molecule has 2 amide bonds. The third-order valence-corrected chi connectivity index (χ3v) is 4.27. The maximum atomic E-state index is 13.2. The molecule has 1 aliphatic heterocycles. The van der Waals surface area contributed by atoms with E-state index in [-0.39, 0.29) is 12.1 Å². The normalized spacial score (nSPS) is 16.4. The van der Waals surface area contributed by atoms with Crippen molar-refractivity contribution in [1.82, 2.24) is 9.66 Å². The molecule has 4 rings (SSSR count). The number of nitrogens with zero attached hydrogens (tertiary/aromatic N) is 4. The fourth-order valence-corrected chi connectivity index (χ4v) is 2.92. The predicted molar refractivity (Wildman–Crippen MR) is 98.0 cm³/mol. The number of benzene rings is 2. The predicted octanol–water partition coefficient (Wildman–Crippen LogP) is 1.37. The van der Waals surface area contributed by atoms with Gasteiger partial charge in [-0.3, -0.25) is 20.0 Å². The van der Waals surface area contributed by atoms with E-state index < -0.39 is 23.7 Å². The summed E-state index contributed by atoms with van der Waals surface area (Å²) < 4.78 is 14.6. The zero-order valence-corrected chi connectivity index (χ0v) is 14.0. The monoisotopic (exact) mass is 366 g/mol. The molecule has 1 unspecified atom stereocenters. The summed E-state index contributed by atoms with van der Waals surface area (Å²) in [6.07, 6.45) is 1.53. The summed E-state index contributed by atoms with van der Waals surface area (Å²) in [6.45, 7) is 0. The molecule has 0 fully saturated rings. The average Bonchev–Trinajstić information content (AvgIpc) is 3.28. The molecule has 27 heavy (non-hydrogen) atoms. The largest absolute Gasteiger partial charge is 0.368 e. The molecule has 3 N–H and O–H groups in total. The SMILES string of the molecule is NC(=O)C1CC(C(=O)Nn2cnc3ccccc32)=NN1c1ccc(F)cc1. The van der Waals surface area contributed by atoms with Crippen LogP contribution in [0.1, 0.15) is 6.42 Å². The van der Waals surface area contributed by atoms with Crippen LogP contribution in [0.4, 0.5) is 10.1 Å². The second-order valence-corrected chi connectivity index (χ2v) is 6.03. The lowest BCUT2D eigenvalue weighted by atomic mass is 10.1. The van der Waals surface area contributed by atoms with Crippen LogP contribution in [0.15, 0.2) is 60.0 Å². The molecule has 3 aromatic rings. The zero-order chi connectivity index (χ0) is 19.0. The molecule has 0 aliphatic carbocycles. The number of nitrogens with one attached hydrogen (secondary N) is 1. The van der Waals surface area contributed by atoms with E-state index in [4.69, 9.17) is 5.73 Å². The minimum absolute atomic E-state index is 0.0468. The third-order valence-electron chi connectivity index (χ3n) is 4.27. The Morgan fingerprint density at radius 3 is 2.63 bits per heavy atom. The first-order valence-electron chi connectivity index (χ1n) is 8.18. The Bertz CT molecular complexity index is 1060. The number of para-hydroxylation sites is 2. The van der Waals surface area contributed by atoms with Crippen LogP contribution in [0.5, 0.6) is 0 Å². The van der Waals surface area contributed by atoms with Crippen LogP contribution in [0.3, 0.4) is 0 Å². The van der Waals surface area contributed by atoms with Gasteiger partial charge < -0.3 is 5.73 Å². The molecule has 9 heteroatoms. The molecule has 1 aliphatic rings. The molecule has 2 aromatic carbocycles. The summed E-state index contributed by atoms with van der Waals surface area (Å²) in [5.74, 6) is -1.52. The van der Waals surface area contributed by atoms with Crippen molar-refractivity contribution < 1.29 is 14.0 Å². The van der Waals surface area contributed by atoms with Gasteiger partial charge in [-0.15, -0.1) is 0 Å². The number of primary amides is 1. The number of carbonyl (C=O) groups is 2. The maximum absolute atomic E-state index is 13.2. The highest BCUT2D eigenvalue weighted by molar-refractivity contribution is 6.43. The Kier molecular flexibility index (Phi) is 4.03. The van der Waals surface area contributed by atoms with Crippen molar-refractivity contribution in [1.29, 1.82) is 0 Å². The molecule has 1 atom stereocenters. The highest BCUT2D eigenvalue weighted by Gasteiger charge is 2.35. The van der Waals surface area contributed by atoms with Crippen LogP contribution in [0, 0.1) is 5.82 Å².